The maximum absolute atomic E-state index is 12.4. The molecule has 2 heterocycles. The molecule has 3 rings (SSSR count). The van der Waals surface area contributed by atoms with Crippen molar-refractivity contribution in [3.05, 3.63) is 40.7 Å². The molecule has 0 saturated heterocycles. The molecule has 1 amide bonds. The van der Waals surface area contributed by atoms with E-state index >= 15 is 0 Å². The Kier molecular flexibility index (Phi) is 3.47. The van der Waals surface area contributed by atoms with E-state index in [-0.39, 0.29) is 5.91 Å². The molecule has 5 nitrogen and oxygen atoms in total. The largest absolute Gasteiger partial charge is 0.321 e. The van der Waals surface area contributed by atoms with E-state index in [0.29, 0.717) is 12.2 Å². The molecule has 0 fully saturated rings. The minimum atomic E-state index is -0.141. The predicted octanol–water partition coefficient (Wildman–Crippen LogP) is 3.38. The van der Waals surface area contributed by atoms with Crippen molar-refractivity contribution >= 4 is 33.1 Å². The predicted molar refractivity (Wildman–Crippen MR) is 84.9 cm³/mol. The quantitative estimate of drug-likeness (QED) is 0.806. The number of carbonyl (C=O) groups excluding carboxylic acids is 1. The fourth-order valence-electron chi connectivity index (χ4n) is 2.28. The van der Waals surface area contributed by atoms with Gasteiger partial charge in [0.05, 0.1) is 20.9 Å². The molecule has 21 heavy (non-hydrogen) atoms. The minimum Gasteiger partial charge on any atom is -0.321 e. The highest BCUT2D eigenvalue weighted by atomic mass is 32.1. The highest BCUT2D eigenvalue weighted by Crippen LogP contribution is 2.25. The van der Waals surface area contributed by atoms with Gasteiger partial charge in [0.1, 0.15) is 5.69 Å². The summed E-state index contributed by atoms with van der Waals surface area (Å²) in [5.74, 6) is -0.141. The molecule has 0 spiro atoms. The molecule has 0 bridgehead atoms. The van der Waals surface area contributed by atoms with Gasteiger partial charge in [-0.1, -0.05) is 0 Å². The Bertz CT molecular complexity index is 818. The van der Waals surface area contributed by atoms with Gasteiger partial charge in [-0.15, -0.1) is 11.3 Å². The van der Waals surface area contributed by atoms with Crippen LogP contribution >= 0.6 is 11.3 Å². The number of carbonyl (C=O) groups is 1. The molecule has 0 unspecified atom stereocenters. The molecule has 1 N–H and O–H groups in total. The zero-order valence-corrected chi connectivity index (χ0v) is 13.0. The molecule has 0 saturated carbocycles. The Hall–Kier alpha value is -2.21. The van der Waals surface area contributed by atoms with Crippen molar-refractivity contribution in [2.75, 3.05) is 5.32 Å². The summed E-state index contributed by atoms with van der Waals surface area (Å²) < 4.78 is 2.78. The molecule has 2 aromatic heterocycles. The van der Waals surface area contributed by atoms with Gasteiger partial charge in [-0.3, -0.25) is 9.48 Å². The Morgan fingerprint density at radius 3 is 2.90 bits per heavy atom. The standard InChI is InChI=1S/C15H16N4OS/c1-4-19-13(7-9(2)18-19)15(20)17-11-5-6-12-14(8-11)21-10(3)16-12/h5-8H,4H2,1-3H3,(H,17,20). The average molecular weight is 300 g/mol. The van der Waals surface area contributed by atoms with Crippen LogP contribution in [0.5, 0.6) is 0 Å². The number of fused-ring (bicyclic) bond motifs is 1. The van der Waals surface area contributed by atoms with Crippen LogP contribution in [-0.4, -0.2) is 20.7 Å². The summed E-state index contributed by atoms with van der Waals surface area (Å²) in [4.78, 5) is 16.8. The smallest absolute Gasteiger partial charge is 0.273 e. The number of benzene rings is 1. The third-order valence-corrected chi connectivity index (χ3v) is 4.12. The molecular weight excluding hydrogens is 284 g/mol. The van der Waals surface area contributed by atoms with Crippen LogP contribution in [-0.2, 0) is 6.54 Å². The second kappa shape index (κ2) is 5.29. The van der Waals surface area contributed by atoms with Crippen molar-refractivity contribution in [1.82, 2.24) is 14.8 Å². The number of anilines is 1. The zero-order chi connectivity index (χ0) is 15.0. The second-order valence-corrected chi connectivity index (χ2v) is 6.09. The van der Waals surface area contributed by atoms with Gasteiger partial charge in [0.15, 0.2) is 0 Å². The molecule has 0 aliphatic rings. The molecule has 0 aliphatic heterocycles. The number of nitrogens with one attached hydrogen (secondary N) is 1. The monoisotopic (exact) mass is 300 g/mol. The first-order chi connectivity index (χ1) is 10.1. The van der Waals surface area contributed by atoms with Crippen molar-refractivity contribution in [1.29, 1.82) is 0 Å². The zero-order valence-electron chi connectivity index (χ0n) is 12.2. The van der Waals surface area contributed by atoms with E-state index in [1.807, 2.05) is 39.0 Å². The molecule has 0 radical (unpaired) electrons. The number of thiazole rings is 1. The van der Waals surface area contributed by atoms with Crippen molar-refractivity contribution in [2.45, 2.75) is 27.3 Å². The topological polar surface area (TPSA) is 59.8 Å². The number of aryl methyl sites for hydroxylation is 3. The highest BCUT2D eigenvalue weighted by Gasteiger charge is 2.13. The van der Waals surface area contributed by atoms with Crippen LogP contribution in [0.1, 0.15) is 28.1 Å². The third-order valence-electron chi connectivity index (χ3n) is 3.19. The van der Waals surface area contributed by atoms with Gasteiger partial charge in [0.2, 0.25) is 0 Å². The van der Waals surface area contributed by atoms with Crippen LogP contribution in [0.4, 0.5) is 5.69 Å². The molecule has 0 aliphatic carbocycles. The van der Waals surface area contributed by atoms with Crippen molar-refractivity contribution < 1.29 is 4.79 Å². The Morgan fingerprint density at radius 2 is 2.14 bits per heavy atom. The Labute approximate surface area is 126 Å². The van der Waals surface area contributed by atoms with E-state index < -0.39 is 0 Å². The number of hydrogen-bond donors (Lipinski definition) is 1. The van der Waals surface area contributed by atoms with Crippen molar-refractivity contribution in [3.8, 4) is 0 Å². The Balaban J connectivity index is 1.88. The SMILES string of the molecule is CCn1nc(C)cc1C(=O)Nc1ccc2nc(C)sc2c1. The summed E-state index contributed by atoms with van der Waals surface area (Å²) in [5.41, 5.74) is 3.16. The summed E-state index contributed by atoms with van der Waals surface area (Å²) in [7, 11) is 0. The first-order valence-electron chi connectivity index (χ1n) is 6.80. The van der Waals surface area contributed by atoms with Crippen LogP contribution in [0.2, 0.25) is 0 Å². The van der Waals surface area contributed by atoms with Crippen LogP contribution in [0.25, 0.3) is 10.2 Å². The van der Waals surface area contributed by atoms with Gasteiger partial charge in [-0.05, 0) is 45.0 Å². The average Bonchev–Trinajstić information content (AvgIpc) is 2.99. The van der Waals surface area contributed by atoms with E-state index in [4.69, 9.17) is 0 Å². The maximum atomic E-state index is 12.4. The summed E-state index contributed by atoms with van der Waals surface area (Å²) in [6.07, 6.45) is 0. The highest BCUT2D eigenvalue weighted by molar-refractivity contribution is 7.18. The van der Waals surface area contributed by atoms with Gasteiger partial charge in [0.25, 0.3) is 5.91 Å². The number of aromatic nitrogens is 3. The normalized spacial score (nSPS) is 11.0. The minimum absolute atomic E-state index is 0.141. The Morgan fingerprint density at radius 1 is 1.33 bits per heavy atom. The molecule has 3 aromatic rings. The van der Waals surface area contributed by atoms with E-state index in [1.54, 1.807) is 22.1 Å². The number of nitrogens with zero attached hydrogens (tertiary/aromatic N) is 3. The summed E-state index contributed by atoms with van der Waals surface area (Å²) >= 11 is 1.62. The van der Waals surface area contributed by atoms with Crippen LogP contribution < -0.4 is 5.32 Å². The third kappa shape index (κ3) is 2.67. The fraction of sp³-hybridized carbons (Fsp3) is 0.267. The second-order valence-electron chi connectivity index (χ2n) is 4.86. The van der Waals surface area contributed by atoms with Gasteiger partial charge in [-0.2, -0.15) is 5.10 Å². The van der Waals surface area contributed by atoms with Crippen molar-refractivity contribution in [3.63, 3.8) is 0 Å². The maximum Gasteiger partial charge on any atom is 0.273 e. The number of hydrogen-bond acceptors (Lipinski definition) is 4. The summed E-state index contributed by atoms with van der Waals surface area (Å²) in [6, 6.07) is 7.56. The first-order valence-corrected chi connectivity index (χ1v) is 7.61. The summed E-state index contributed by atoms with van der Waals surface area (Å²) in [6.45, 7) is 6.50. The molecule has 108 valence electrons. The molecule has 1 aromatic carbocycles. The van der Waals surface area contributed by atoms with Crippen LogP contribution in [0.3, 0.4) is 0 Å². The van der Waals surface area contributed by atoms with Crippen LogP contribution in [0.15, 0.2) is 24.3 Å². The van der Waals surface area contributed by atoms with E-state index in [9.17, 15) is 4.79 Å². The first kappa shape index (κ1) is 13.8. The lowest BCUT2D eigenvalue weighted by Crippen LogP contribution is -2.17. The molecule has 6 heteroatoms. The van der Waals surface area contributed by atoms with E-state index in [0.717, 1.165) is 26.6 Å². The fourth-order valence-corrected chi connectivity index (χ4v) is 3.15. The lowest BCUT2D eigenvalue weighted by Gasteiger charge is -2.06. The van der Waals surface area contributed by atoms with Crippen LogP contribution in [0, 0.1) is 13.8 Å². The lowest BCUT2D eigenvalue weighted by atomic mass is 10.2. The van der Waals surface area contributed by atoms with Crippen molar-refractivity contribution in [2.24, 2.45) is 0 Å². The van der Waals surface area contributed by atoms with Gasteiger partial charge in [0, 0.05) is 12.2 Å². The number of rotatable bonds is 3. The van der Waals surface area contributed by atoms with Gasteiger partial charge < -0.3 is 5.32 Å². The summed E-state index contributed by atoms with van der Waals surface area (Å²) in [5, 5.41) is 8.24. The number of amides is 1. The lowest BCUT2D eigenvalue weighted by molar-refractivity contribution is 0.101. The molecular formula is C15H16N4OS. The molecule has 0 atom stereocenters. The van der Waals surface area contributed by atoms with Gasteiger partial charge >= 0.3 is 0 Å². The van der Waals surface area contributed by atoms with E-state index in [2.05, 4.69) is 15.4 Å². The van der Waals surface area contributed by atoms with E-state index in [1.165, 1.54) is 0 Å². The van der Waals surface area contributed by atoms with Gasteiger partial charge in [-0.25, -0.2) is 4.98 Å².